The summed E-state index contributed by atoms with van der Waals surface area (Å²) in [6, 6.07) is 41.8. The molecular weight excluding hydrogens is 821 g/mol. The zero-order valence-electron chi connectivity index (χ0n) is 29.3. The number of fused-ring (bicyclic) bond motifs is 2. The van der Waals surface area contributed by atoms with E-state index < -0.39 is 23.5 Å². The van der Waals surface area contributed by atoms with Gasteiger partial charge in [-0.1, -0.05) is 61.4 Å². The Morgan fingerprint density at radius 3 is 1.21 bits per heavy atom. The second kappa shape index (κ2) is 19.3. The Hall–Kier alpha value is -3.42. The topological polar surface area (TPSA) is 0 Å². The molecule has 0 bridgehead atoms. The molecule has 10 heteroatoms. The van der Waals surface area contributed by atoms with Gasteiger partial charge in [-0.05, 0) is 48.2 Å². The fourth-order valence-corrected chi connectivity index (χ4v) is 7.79. The molecule has 0 saturated heterocycles. The first-order valence-electron chi connectivity index (χ1n) is 16.6. The number of rotatable bonds is 5. The van der Waals surface area contributed by atoms with Gasteiger partial charge in [0, 0.05) is 0 Å². The molecule has 0 amide bonds. The van der Waals surface area contributed by atoms with Crippen molar-refractivity contribution in [3.8, 4) is 22.3 Å². The zero-order chi connectivity index (χ0) is 36.8. The van der Waals surface area contributed by atoms with Gasteiger partial charge in [0.05, 0.1) is 11.1 Å². The van der Waals surface area contributed by atoms with E-state index in [-0.39, 0.29) is 30.2 Å². The predicted molar refractivity (Wildman–Crippen MR) is 211 cm³/mol. The smallest absolute Gasteiger partial charge is 0.147 e. The van der Waals surface area contributed by atoms with Gasteiger partial charge >= 0.3 is 83.2 Å². The maximum Gasteiger partial charge on any atom is -0.147 e. The fourth-order valence-electron chi connectivity index (χ4n) is 5.87. The van der Waals surface area contributed by atoms with E-state index in [4.69, 9.17) is 0 Å². The maximum atomic E-state index is 12.6. The van der Waals surface area contributed by atoms with Crippen molar-refractivity contribution >= 4 is 57.0 Å². The van der Waals surface area contributed by atoms with Crippen molar-refractivity contribution in [2.75, 3.05) is 0 Å². The van der Waals surface area contributed by atoms with Crippen LogP contribution in [0.1, 0.15) is 36.1 Å². The van der Waals surface area contributed by atoms with Crippen molar-refractivity contribution in [1.29, 1.82) is 0 Å². The van der Waals surface area contributed by atoms with Gasteiger partial charge in [-0.25, -0.2) is 0 Å². The molecule has 0 nitrogen and oxygen atoms in total. The van der Waals surface area contributed by atoms with Crippen LogP contribution in [0.2, 0.25) is 6.55 Å². The molecule has 7 aromatic rings. The summed E-state index contributed by atoms with van der Waals surface area (Å²) in [5.74, 6) is 0. The molecule has 0 aliphatic rings. The summed E-state index contributed by atoms with van der Waals surface area (Å²) in [5.41, 5.74) is 4.69. The van der Waals surface area contributed by atoms with Gasteiger partial charge in [-0.15, -0.1) is 93.9 Å². The van der Waals surface area contributed by atoms with Crippen LogP contribution in [-0.2, 0) is 48.5 Å². The Balaban J connectivity index is 0.000000226. The van der Waals surface area contributed by atoms with Crippen molar-refractivity contribution in [3.63, 3.8) is 0 Å². The Morgan fingerprint density at radius 2 is 0.906 bits per heavy atom. The van der Waals surface area contributed by atoms with Gasteiger partial charge in [0.1, 0.15) is 0 Å². The van der Waals surface area contributed by atoms with Crippen molar-refractivity contribution in [2.24, 2.45) is 0 Å². The minimum Gasteiger partial charge on any atom is -0.147 e. The third kappa shape index (κ3) is 11.3. The Morgan fingerprint density at radius 1 is 0.528 bits per heavy atom. The van der Waals surface area contributed by atoms with E-state index in [2.05, 4.69) is 75.0 Å². The Bertz CT molecular complexity index is 2080. The SMILES string of the molecule is CCc1cc2c(-c3ccc(C(F)(F)F)cc3)cccc2[cH-]1.CCc1cc2c(-c3ccc(C(F)(F)F)cc3)cccc2[cH-]1.C[Si](=[Zr+2])c1ccccc1.Cl.Cl. The van der Waals surface area contributed by atoms with Gasteiger partial charge in [-0.3, -0.25) is 0 Å². The zero-order valence-corrected chi connectivity index (χ0v) is 34.4. The first-order chi connectivity index (χ1) is 24.3. The summed E-state index contributed by atoms with van der Waals surface area (Å²) < 4.78 is 75.7. The van der Waals surface area contributed by atoms with E-state index in [1.165, 1.54) is 35.4 Å². The van der Waals surface area contributed by atoms with Crippen LogP contribution in [0.4, 0.5) is 26.3 Å². The van der Waals surface area contributed by atoms with Crippen LogP contribution in [0, 0.1) is 0 Å². The van der Waals surface area contributed by atoms with Crippen molar-refractivity contribution in [1.82, 2.24) is 0 Å². The number of halogens is 8. The number of hydrogen-bond acceptors (Lipinski definition) is 0. The standard InChI is InChI=1S/2C18H14F3.C7H8Si.2ClH.Zr/c2*1-2-12-10-14-4-3-5-16(17(14)11-12)13-6-8-15(9-7-13)18(19,20)21;1-8-7-5-3-2-4-6-7;;;/h2*3-11H,2H2,1H3;2-6H,1H3;2*1H;/q2*-1;;;;+2. The number of hydrogen-bond donors (Lipinski definition) is 0. The molecule has 7 rings (SSSR count). The quantitative estimate of drug-likeness (QED) is 0.0919. The van der Waals surface area contributed by atoms with Crippen LogP contribution in [-0.4, -0.2) is 5.43 Å². The molecule has 0 aliphatic heterocycles. The van der Waals surface area contributed by atoms with E-state index >= 15 is 0 Å². The van der Waals surface area contributed by atoms with Crippen LogP contribution >= 0.6 is 24.8 Å². The summed E-state index contributed by atoms with van der Waals surface area (Å²) in [6.07, 6.45) is -6.69. The van der Waals surface area contributed by atoms with Crippen LogP contribution < -0.4 is 5.19 Å². The molecule has 7 aromatic carbocycles. The van der Waals surface area contributed by atoms with Crippen LogP contribution in [0.5, 0.6) is 0 Å². The maximum absolute atomic E-state index is 12.6. The molecule has 0 N–H and O–H groups in total. The average molecular weight is 859 g/mol. The van der Waals surface area contributed by atoms with Crippen molar-refractivity contribution in [2.45, 2.75) is 45.6 Å². The van der Waals surface area contributed by atoms with Gasteiger partial charge in [-0.2, -0.15) is 38.5 Å². The second-order valence-electron chi connectivity index (χ2n) is 12.2. The predicted octanol–water partition coefficient (Wildman–Crippen LogP) is 13.5. The van der Waals surface area contributed by atoms with Gasteiger partial charge in [0.2, 0.25) is 0 Å². The summed E-state index contributed by atoms with van der Waals surface area (Å²) >= 11 is 1.69. The normalized spacial score (nSPS) is 11.1. The third-order valence-corrected chi connectivity index (χ3v) is 12.0. The first kappa shape index (κ1) is 44.0. The monoisotopic (exact) mass is 856 g/mol. The van der Waals surface area contributed by atoms with Gasteiger partial charge < -0.3 is 0 Å². The van der Waals surface area contributed by atoms with Crippen LogP contribution in [0.25, 0.3) is 43.8 Å². The van der Waals surface area contributed by atoms with Gasteiger partial charge in [0.15, 0.2) is 0 Å². The molecule has 0 radical (unpaired) electrons. The van der Waals surface area contributed by atoms with Crippen LogP contribution in [0.3, 0.4) is 0 Å². The largest absolute Gasteiger partial charge is 0.147 e. The first-order valence-corrected chi connectivity index (χ1v) is 22.3. The molecule has 274 valence electrons. The van der Waals surface area contributed by atoms with Gasteiger partial charge in [0.25, 0.3) is 0 Å². The molecular formula is C43H38Cl2F6SiZr. The van der Waals surface area contributed by atoms with Crippen LogP contribution in [0.15, 0.2) is 140 Å². The van der Waals surface area contributed by atoms with Crippen molar-refractivity contribution in [3.05, 3.63) is 162 Å². The molecule has 0 heterocycles. The minimum absolute atomic E-state index is 0. The molecule has 0 unspecified atom stereocenters. The summed E-state index contributed by atoms with van der Waals surface area (Å²) in [5, 5.41) is 6.00. The number of aryl methyl sites for hydroxylation is 2. The van der Waals surface area contributed by atoms with E-state index in [0.29, 0.717) is 0 Å². The summed E-state index contributed by atoms with van der Waals surface area (Å²) in [7, 11) is 0. The average Bonchev–Trinajstić information content (AvgIpc) is 3.76. The second-order valence-corrected chi connectivity index (χ2v) is 19.6. The van der Waals surface area contributed by atoms with E-state index in [0.717, 1.165) is 80.9 Å². The molecule has 0 atom stereocenters. The number of alkyl halides is 6. The van der Waals surface area contributed by atoms with E-state index in [9.17, 15) is 26.3 Å². The molecule has 0 fully saturated rings. The molecule has 53 heavy (non-hydrogen) atoms. The molecule has 0 spiro atoms. The molecule has 0 aromatic heterocycles. The van der Waals surface area contributed by atoms with E-state index in [1.54, 1.807) is 28.5 Å². The Labute approximate surface area is 334 Å². The van der Waals surface area contributed by atoms with E-state index in [1.807, 2.05) is 36.4 Å². The fraction of sp³-hybridized carbons (Fsp3) is 0.163. The summed E-state index contributed by atoms with van der Waals surface area (Å²) in [4.78, 5) is 0. The van der Waals surface area contributed by atoms with Crippen molar-refractivity contribution < 1.29 is 49.7 Å². The minimum atomic E-state index is -4.29. The molecule has 0 saturated carbocycles. The molecule has 0 aliphatic carbocycles. The Kier molecular flexibility index (Phi) is 16.0. The number of benzene rings is 5. The summed E-state index contributed by atoms with van der Waals surface area (Å²) in [6.45, 7) is 6.52. The third-order valence-electron chi connectivity index (χ3n) is 8.69.